The van der Waals surface area contributed by atoms with Crippen molar-refractivity contribution < 1.29 is 14.3 Å². The Balaban J connectivity index is 2.25. The molecule has 4 nitrogen and oxygen atoms in total. The van der Waals surface area contributed by atoms with Gasteiger partial charge in [0, 0.05) is 16.8 Å². The highest BCUT2D eigenvalue weighted by molar-refractivity contribution is 7.14. The summed E-state index contributed by atoms with van der Waals surface area (Å²) in [7, 11) is 0. The van der Waals surface area contributed by atoms with Gasteiger partial charge in [0.1, 0.15) is 10.7 Å². The van der Waals surface area contributed by atoms with E-state index >= 15 is 0 Å². The number of rotatable bonds is 4. The number of nitrogens with zero attached hydrogens (tertiary/aromatic N) is 2. The number of carboxylic acid groups (broad SMARTS) is 1. The van der Waals surface area contributed by atoms with Crippen LogP contribution in [0, 0.1) is 0 Å². The predicted octanol–water partition coefficient (Wildman–Crippen LogP) is 3.22. The van der Waals surface area contributed by atoms with Crippen LogP contribution in [0.5, 0.6) is 0 Å². The van der Waals surface area contributed by atoms with Crippen LogP contribution in [-0.4, -0.2) is 21.0 Å². The molecule has 0 bridgehead atoms. The molecule has 0 atom stereocenters. The average Bonchev–Trinajstić information content (AvgIpc) is 2.96. The summed E-state index contributed by atoms with van der Waals surface area (Å²) in [6.45, 7) is 2.01. The van der Waals surface area contributed by atoms with E-state index in [0.717, 1.165) is 23.2 Å². The fourth-order valence-electron chi connectivity index (χ4n) is 1.23. The first kappa shape index (κ1) is 12.8. The number of thiazole rings is 2. The highest BCUT2D eigenvalue weighted by Gasteiger charge is 2.10. The molecule has 0 fully saturated rings. The number of hydrogen-bond donors (Lipinski definition) is 1. The highest BCUT2D eigenvalue weighted by atomic mass is 32.1. The van der Waals surface area contributed by atoms with E-state index in [4.69, 9.17) is 5.11 Å². The summed E-state index contributed by atoms with van der Waals surface area (Å²) >= 11 is 2.85. The Labute approximate surface area is 110 Å². The summed E-state index contributed by atoms with van der Waals surface area (Å²) in [6, 6.07) is 0. The van der Waals surface area contributed by atoms with Crippen LogP contribution in [0.25, 0.3) is 16.8 Å². The van der Waals surface area contributed by atoms with E-state index < -0.39 is 11.8 Å². The van der Waals surface area contributed by atoms with Crippen molar-refractivity contribution in [2.45, 2.75) is 13.3 Å². The summed E-state index contributed by atoms with van der Waals surface area (Å²) in [5, 5.41) is 13.6. The number of aryl methyl sites for hydroxylation is 1. The van der Waals surface area contributed by atoms with Crippen LogP contribution in [0.4, 0.5) is 4.39 Å². The van der Waals surface area contributed by atoms with Gasteiger partial charge in [0.2, 0.25) is 5.83 Å². The number of carboxylic acids is 1. The molecule has 0 radical (unpaired) electrons. The van der Waals surface area contributed by atoms with Gasteiger partial charge in [-0.05, 0) is 6.42 Å². The van der Waals surface area contributed by atoms with Crippen molar-refractivity contribution in [2.75, 3.05) is 0 Å². The third-order valence-electron chi connectivity index (χ3n) is 2.07. The van der Waals surface area contributed by atoms with Crippen molar-refractivity contribution in [1.82, 2.24) is 9.97 Å². The average molecular weight is 284 g/mol. The highest BCUT2D eigenvalue weighted by Crippen LogP contribution is 2.26. The Morgan fingerprint density at radius 1 is 1.44 bits per heavy atom. The molecule has 0 spiro atoms. The minimum atomic E-state index is -1.59. The summed E-state index contributed by atoms with van der Waals surface area (Å²) < 4.78 is 12.9. The lowest BCUT2D eigenvalue weighted by atomic mass is 10.4. The van der Waals surface area contributed by atoms with E-state index in [0.29, 0.717) is 10.7 Å². The van der Waals surface area contributed by atoms with Gasteiger partial charge in [-0.2, -0.15) is 4.39 Å². The largest absolute Gasteiger partial charge is 0.476 e. The first-order valence-corrected chi connectivity index (χ1v) is 6.87. The normalized spacial score (nSPS) is 11.8. The molecule has 1 N–H and O–H groups in total. The molecular weight excluding hydrogens is 275 g/mol. The molecule has 0 saturated heterocycles. The van der Waals surface area contributed by atoms with E-state index in [2.05, 4.69) is 9.97 Å². The lowest BCUT2D eigenvalue weighted by Gasteiger charge is -1.88. The Bertz CT molecular complexity index is 604. The molecule has 0 amide bonds. The van der Waals surface area contributed by atoms with Gasteiger partial charge in [0.05, 0.1) is 10.7 Å². The van der Waals surface area contributed by atoms with Crippen molar-refractivity contribution in [1.29, 1.82) is 0 Å². The van der Waals surface area contributed by atoms with E-state index in [1.165, 1.54) is 11.3 Å². The minimum Gasteiger partial charge on any atom is -0.476 e. The molecule has 0 unspecified atom stereocenters. The van der Waals surface area contributed by atoms with Gasteiger partial charge >= 0.3 is 5.97 Å². The summed E-state index contributed by atoms with van der Waals surface area (Å²) in [5.74, 6) is -2.81. The fraction of sp³-hybridized carbons (Fsp3) is 0.182. The van der Waals surface area contributed by atoms with Crippen LogP contribution in [-0.2, 0) is 11.2 Å². The minimum absolute atomic E-state index is 0.293. The van der Waals surface area contributed by atoms with Crippen molar-refractivity contribution in [3.63, 3.8) is 0 Å². The molecule has 94 valence electrons. The molecule has 2 heterocycles. The second-order valence-corrected chi connectivity index (χ2v) is 5.16. The van der Waals surface area contributed by atoms with Gasteiger partial charge in [-0.1, -0.05) is 6.92 Å². The summed E-state index contributed by atoms with van der Waals surface area (Å²) in [6.07, 6.45) is 1.76. The van der Waals surface area contributed by atoms with Crippen LogP contribution in [0.1, 0.15) is 17.6 Å². The lowest BCUT2D eigenvalue weighted by molar-refractivity contribution is -0.134. The summed E-state index contributed by atoms with van der Waals surface area (Å²) in [5.41, 5.74) is 1.04. The zero-order valence-corrected chi connectivity index (χ0v) is 11.0. The first-order valence-electron chi connectivity index (χ1n) is 5.11. The van der Waals surface area contributed by atoms with Crippen molar-refractivity contribution in [3.8, 4) is 10.7 Å². The number of halogens is 1. The molecule has 0 aliphatic carbocycles. The molecule has 0 aromatic carbocycles. The molecule has 2 rings (SSSR count). The maximum atomic E-state index is 12.9. The van der Waals surface area contributed by atoms with Crippen LogP contribution in [0.3, 0.4) is 0 Å². The third kappa shape index (κ3) is 2.80. The van der Waals surface area contributed by atoms with Crippen molar-refractivity contribution in [2.24, 2.45) is 0 Å². The maximum Gasteiger partial charge on any atom is 0.364 e. The molecule has 2 aromatic heterocycles. The molecule has 7 heteroatoms. The Morgan fingerprint density at radius 2 is 2.22 bits per heavy atom. The van der Waals surface area contributed by atoms with Gasteiger partial charge in [-0.25, -0.2) is 14.8 Å². The number of aromatic nitrogens is 2. The van der Waals surface area contributed by atoms with Crippen molar-refractivity contribution >= 4 is 34.7 Å². The maximum absolute atomic E-state index is 12.9. The molecule has 0 saturated carbocycles. The number of hydrogen-bond acceptors (Lipinski definition) is 5. The second-order valence-electron chi connectivity index (χ2n) is 3.35. The van der Waals surface area contributed by atoms with E-state index in [1.807, 2.05) is 12.3 Å². The SMILES string of the molecule is CCc1nc(-c2nc(/C=C(/F)C(=O)O)cs2)cs1. The first-order chi connectivity index (χ1) is 8.60. The van der Waals surface area contributed by atoms with Crippen LogP contribution in [0.15, 0.2) is 16.6 Å². The third-order valence-corrected chi connectivity index (χ3v) is 3.95. The fourth-order valence-corrected chi connectivity index (χ4v) is 2.77. The zero-order valence-electron chi connectivity index (χ0n) is 9.38. The van der Waals surface area contributed by atoms with E-state index in [-0.39, 0.29) is 0 Å². The van der Waals surface area contributed by atoms with Gasteiger partial charge < -0.3 is 5.11 Å². The van der Waals surface area contributed by atoms with Gasteiger partial charge in [-0.15, -0.1) is 22.7 Å². The van der Waals surface area contributed by atoms with Crippen LogP contribution >= 0.6 is 22.7 Å². The second kappa shape index (κ2) is 5.36. The Hall–Kier alpha value is -1.60. The lowest BCUT2D eigenvalue weighted by Crippen LogP contribution is -1.94. The molecule has 0 aliphatic rings. The smallest absolute Gasteiger partial charge is 0.364 e. The Kier molecular flexibility index (Phi) is 3.83. The van der Waals surface area contributed by atoms with Gasteiger partial charge in [0.15, 0.2) is 0 Å². The van der Waals surface area contributed by atoms with Crippen LogP contribution in [0.2, 0.25) is 0 Å². The zero-order chi connectivity index (χ0) is 13.1. The topological polar surface area (TPSA) is 63.1 Å². The van der Waals surface area contributed by atoms with Gasteiger partial charge in [0.25, 0.3) is 0 Å². The number of carbonyl (C=O) groups is 1. The monoisotopic (exact) mass is 284 g/mol. The van der Waals surface area contributed by atoms with E-state index in [1.54, 1.807) is 16.7 Å². The van der Waals surface area contributed by atoms with Crippen LogP contribution < -0.4 is 0 Å². The summed E-state index contributed by atoms with van der Waals surface area (Å²) in [4.78, 5) is 18.8. The molecular formula is C11H9FN2O2S2. The van der Waals surface area contributed by atoms with E-state index in [9.17, 15) is 9.18 Å². The van der Waals surface area contributed by atoms with Crippen molar-refractivity contribution in [3.05, 3.63) is 27.3 Å². The number of aliphatic carboxylic acids is 1. The molecule has 18 heavy (non-hydrogen) atoms. The van der Waals surface area contributed by atoms with Gasteiger partial charge in [-0.3, -0.25) is 0 Å². The molecule has 2 aromatic rings. The molecule has 0 aliphatic heterocycles. The predicted molar refractivity (Wildman–Crippen MR) is 69.3 cm³/mol. The standard InChI is InChI=1S/C11H9FN2O2S2/c1-2-9-14-8(5-17-9)10-13-6(4-18-10)3-7(12)11(15)16/h3-5H,2H2,1H3,(H,15,16)/b7-3+. The quantitative estimate of drug-likeness (QED) is 0.876. The Morgan fingerprint density at radius 3 is 2.83 bits per heavy atom.